The van der Waals surface area contributed by atoms with Gasteiger partial charge in [-0.3, -0.25) is 15.1 Å². The lowest BCUT2D eigenvalue weighted by Gasteiger charge is -2.09. The normalized spacial score (nSPS) is 11.6. The third-order valence-corrected chi connectivity index (χ3v) is 6.16. The Morgan fingerprint density at radius 1 is 1.00 bits per heavy atom. The van der Waals surface area contributed by atoms with E-state index < -0.39 is 25.3 Å². The molecule has 0 atom stereocenters. The molecule has 0 saturated carbocycles. The van der Waals surface area contributed by atoms with Gasteiger partial charge in [-0.05, 0) is 36.4 Å². The summed E-state index contributed by atoms with van der Waals surface area (Å²) in [5.41, 5.74) is -0.225. The van der Waals surface area contributed by atoms with Gasteiger partial charge in [0.05, 0.1) is 30.8 Å². The number of halogens is 2. The van der Waals surface area contributed by atoms with E-state index in [4.69, 9.17) is 23.2 Å². The van der Waals surface area contributed by atoms with Crippen LogP contribution in [0.25, 0.3) is 10.9 Å². The van der Waals surface area contributed by atoms with E-state index >= 15 is 0 Å². The molecule has 0 unspecified atom stereocenters. The summed E-state index contributed by atoms with van der Waals surface area (Å²) in [4.78, 5) is 14.0. The van der Waals surface area contributed by atoms with E-state index in [-0.39, 0.29) is 20.3 Å². The second-order valence-electron chi connectivity index (χ2n) is 4.79. The molecule has 9 heteroatoms. The molecule has 0 N–H and O–H groups in total. The Hall–Kier alpha value is -2.22. The van der Waals surface area contributed by atoms with E-state index in [1.54, 1.807) is 0 Å². The lowest BCUT2D eigenvalue weighted by atomic mass is 10.2. The summed E-state index contributed by atoms with van der Waals surface area (Å²) >= 11 is 11.8. The van der Waals surface area contributed by atoms with Crippen LogP contribution in [0.4, 0.5) is 5.69 Å². The molecule has 0 aliphatic heterocycles. The maximum atomic E-state index is 12.9. The first-order chi connectivity index (χ1) is 11.3. The quantitative estimate of drug-likeness (QED) is 0.497. The van der Waals surface area contributed by atoms with Crippen LogP contribution in [0.3, 0.4) is 0 Å². The molecule has 3 rings (SSSR count). The van der Waals surface area contributed by atoms with Gasteiger partial charge in [-0.1, -0.05) is 29.3 Å². The number of fused-ring (bicyclic) bond motifs is 1. The van der Waals surface area contributed by atoms with E-state index in [1.165, 1.54) is 42.6 Å². The Kier molecular flexibility index (Phi) is 4.16. The van der Waals surface area contributed by atoms with Gasteiger partial charge in [-0.25, -0.2) is 8.42 Å². The molecular weight excluding hydrogens is 375 g/mol. The Balaban J connectivity index is 2.39. The van der Waals surface area contributed by atoms with Crippen LogP contribution >= 0.6 is 23.2 Å². The summed E-state index contributed by atoms with van der Waals surface area (Å²) in [7, 11) is -4.25. The van der Waals surface area contributed by atoms with Gasteiger partial charge in [0.25, 0.3) is 5.69 Å². The molecule has 0 aliphatic carbocycles. The molecular formula is C15H8Cl2N2O4S. The predicted octanol–water partition coefficient (Wildman–Crippen LogP) is 4.28. The molecule has 122 valence electrons. The molecule has 6 nitrogen and oxygen atoms in total. The average molecular weight is 383 g/mol. The zero-order valence-corrected chi connectivity index (χ0v) is 14.1. The van der Waals surface area contributed by atoms with E-state index in [2.05, 4.69) is 4.98 Å². The summed E-state index contributed by atoms with van der Waals surface area (Å²) in [5, 5.41) is 11.5. The SMILES string of the molecule is O=[N+]([O-])c1c(S(=O)(=O)c2cccc(Cl)c2Cl)ccc2ncccc12. The smallest absolute Gasteiger partial charge is 0.258 e. The van der Waals surface area contributed by atoms with Crippen LogP contribution in [-0.4, -0.2) is 18.3 Å². The Labute approximate surface area is 146 Å². The lowest BCUT2D eigenvalue weighted by Crippen LogP contribution is -2.07. The van der Waals surface area contributed by atoms with E-state index in [9.17, 15) is 18.5 Å². The number of hydrogen-bond acceptors (Lipinski definition) is 5. The standard InChI is InChI=1S/C15H8Cl2N2O4S/c16-10-4-1-5-12(14(10)17)24(22,23)13-7-6-11-9(3-2-8-18-11)15(13)19(20)21/h1-8H. The number of hydrogen-bond donors (Lipinski definition) is 0. The number of nitro groups is 1. The Morgan fingerprint density at radius 3 is 2.46 bits per heavy atom. The van der Waals surface area contributed by atoms with Crippen LogP contribution < -0.4 is 0 Å². The number of rotatable bonds is 3. The average Bonchev–Trinajstić information content (AvgIpc) is 2.55. The first-order valence-corrected chi connectivity index (χ1v) is 8.79. The molecule has 0 amide bonds. The zero-order chi connectivity index (χ0) is 17.5. The monoisotopic (exact) mass is 382 g/mol. The van der Waals surface area contributed by atoms with Crippen LogP contribution in [0.1, 0.15) is 0 Å². The molecule has 1 heterocycles. The highest BCUT2D eigenvalue weighted by Crippen LogP contribution is 2.38. The van der Waals surface area contributed by atoms with Crippen LogP contribution in [0.5, 0.6) is 0 Å². The predicted molar refractivity (Wildman–Crippen MR) is 90.3 cm³/mol. The first kappa shape index (κ1) is 16.6. The molecule has 24 heavy (non-hydrogen) atoms. The highest BCUT2D eigenvalue weighted by Gasteiger charge is 2.31. The van der Waals surface area contributed by atoms with Crippen molar-refractivity contribution in [1.82, 2.24) is 4.98 Å². The van der Waals surface area contributed by atoms with E-state index in [1.807, 2.05) is 0 Å². The molecule has 0 fully saturated rings. The minimum Gasteiger partial charge on any atom is -0.258 e. The van der Waals surface area contributed by atoms with Crippen molar-refractivity contribution in [2.45, 2.75) is 9.79 Å². The third-order valence-electron chi connectivity index (χ3n) is 3.40. The number of sulfone groups is 1. The van der Waals surface area contributed by atoms with Crippen molar-refractivity contribution >= 4 is 49.6 Å². The summed E-state index contributed by atoms with van der Waals surface area (Å²) in [6.07, 6.45) is 1.47. The Bertz CT molecular complexity index is 1080. The molecule has 0 radical (unpaired) electrons. The van der Waals surface area contributed by atoms with Gasteiger partial charge in [0, 0.05) is 6.20 Å². The van der Waals surface area contributed by atoms with Gasteiger partial charge >= 0.3 is 0 Å². The summed E-state index contributed by atoms with van der Waals surface area (Å²) in [5.74, 6) is 0. The third kappa shape index (κ3) is 2.60. The van der Waals surface area contributed by atoms with Crippen molar-refractivity contribution in [3.05, 3.63) is 68.8 Å². The topological polar surface area (TPSA) is 90.2 Å². The van der Waals surface area contributed by atoms with Crippen molar-refractivity contribution < 1.29 is 13.3 Å². The Morgan fingerprint density at radius 2 is 1.75 bits per heavy atom. The van der Waals surface area contributed by atoms with Gasteiger partial charge in [-0.15, -0.1) is 0 Å². The molecule has 3 aromatic rings. The van der Waals surface area contributed by atoms with Gasteiger partial charge in [-0.2, -0.15) is 0 Å². The summed E-state index contributed by atoms with van der Waals surface area (Å²) < 4.78 is 25.8. The summed E-state index contributed by atoms with van der Waals surface area (Å²) in [6.45, 7) is 0. The number of pyridine rings is 1. The van der Waals surface area contributed by atoms with Crippen molar-refractivity contribution in [2.75, 3.05) is 0 Å². The van der Waals surface area contributed by atoms with Crippen LogP contribution in [0, 0.1) is 10.1 Å². The van der Waals surface area contributed by atoms with Crippen molar-refractivity contribution in [2.24, 2.45) is 0 Å². The van der Waals surface area contributed by atoms with E-state index in [0.29, 0.717) is 5.52 Å². The van der Waals surface area contributed by atoms with E-state index in [0.717, 1.165) is 6.07 Å². The fraction of sp³-hybridized carbons (Fsp3) is 0. The molecule has 2 aromatic carbocycles. The molecule has 0 saturated heterocycles. The number of aromatic nitrogens is 1. The second kappa shape index (κ2) is 6.01. The minimum atomic E-state index is -4.25. The van der Waals surface area contributed by atoms with Gasteiger partial charge in [0.2, 0.25) is 9.84 Å². The number of nitro benzene ring substituents is 1. The molecule has 1 aromatic heterocycles. The minimum absolute atomic E-state index is 0.0443. The highest BCUT2D eigenvalue weighted by atomic mass is 35.5. The maximum absolute atomic E-state index is 12.9. The number of benzene rings is 2. The van der Waals surface area contributed by atoms with Crippen LogP contribution in [0.2, 0.25) is 10.0 Å². The van der Waals surface area contributed by atoms with Gasteiger partial charge < -0.3 is 0 Å². The number of nitrogens with zero attached hydrogens (tertiary/aromatic N) is 2. The molecule has 0 aliphatic rings. The molecule has 0 spiro atoms. The molecule has 0 bridgehead atoms. The fourth-order valence-corrected chi connectivity index (χ4v) is 4.52. The first-order valence-electron chi connectivity index (χ1n) is 6.55. The fourth-order valence-electron chi connectivity index (χ4n) is 2.33. The highest BCUT2D eigenvalue weighted by molar-refractivity contribution is 7.91. The maximum Gasteiger partial charge on any atom is 0.297 e. The second-order valence-corrected chi connectivity index (χ2v) is 7.47. The largest absolute Gasteiger partial charge is 0.297 e. The lowest BCUT2D eigenvalue weighted by molar-refractivity contribution is -0.386. The van der Waals surface area contributed by atoms with Crippen molar-refractivity contribution in [1.29, 1.82) is 0 Å². The van der Waals surface area contributed by atoms with Crippen molar-refractivity contribution in [3.8, 4) is 0 Å². The van der Waals surface area contributed by atoms with Crippen LogP contribution in [0.15, 0.2) is 58.5 Å². The van der Waals surface area contributed by atoms with Crippen LogP contribution in [-0.2, 0) is 9.84 Å². The van der Waals surface area contributed by atoms with Gasteiger partial charge in [0.15, 0.2) is 0 Å². The van der Waals surface area contributed by atoms with Crippen molar-refractivity contribution in [3.63, 3.8) is 0 Å². The van der Waals surface area contributed by atoms with Gasteiger partial charge in [0.1, 0.15) is 4.90 Å². The summed E-state index contributed by atoms with van der Waals surface area (Å²) in [6, 6.07) is 9.60. The zero-order valence-electron chi connectivity index (χ0n) is 11.8.